The number of hydrogen-bond acceptors (Lipinski definition) is 26. The largest absolute Gasteiger partial charge is 0.504 e. The number of amides is 8. The van der Waals surface area contributed by atoms with E-state index in [4.69, 9.17) is 24.6 Å². The first-order chi connectivity index (χ1) is 43.4. The zero-order valence-electron chi connectivity index (χ0n) is 50.1. The average molecular weight is 1320 g/mol. The van der Waals surface area contributed by atoms with Gasteiger partial charge < -0.3 is 96.6 Å². The number of benzene rings is 2. The maximum absolute atomic E-state index is 14.7. The summed E-state index contributed by atoms with van der Waals surface area (Å²) in [5.74, 6) is -11.5. The number of aromatic hydroxyl groups is 1. The normalized spacial score (nSPS) is 27.8. The van der Waals surface area contributed by atoms with E-state index < -0.39 is 188 Å². The highest BCUT2D eigenvalue weighted by atomic mass is 32.2. The molecular weight excluding hydrogens is 1240 g/mol. The van der Waals surface area contributed by atoms with Crippen molar-refractivity contribution in [1.82, 2.24) is 46.6 Å². The lowest BCUT2D eigenvalue weighted by atomic mass is 9.81. The number of nitrogens with zero attached hydrogens (tertiary/aromatic N) is 4. The highest BCUT2D eigenvalue weighted by molar-refractivity contribution is 7.90. The van der Waals surface area contributed by atoms with E-state index in [9.17, 15) is 79.2 Å². The van der Waals surface area contributed by atoms with E-state index in [1.807, 2.05) is 24.3 Å². The molecule has 0 radical (unpaired) electrons. The first-order valence-corrected chi connectivity index (χ1v) is 31.2. The topological polar surface area (TPSA) is 483 Å². The van der Waals surface area contributed by atoms with Crippen LogP contribution >= 0.6 is 23.7 Å². The van der Waals surface area contributed by atoms with Gasteiger partial charge in [-0.2, -0.15) is 0 Å². The monoisotopic (exact) mass is 1320 g/mol. The summed E-state index contributed by atoms with van der Waals surface area (Å²) in [7, 11) is 1.68. The summed E-state index contributed by atoms with van der Waals surface area (Å²) in [6.07, 6.45) is -10.3. The lowest BCUT2D eigenvalue weighted by Gasteiger charge is -2.34. The molecule has 502 valence electrons. The quantitative estimate of drug-likeness (QED) is 0.0208. The Labute approximate surface area is 530 Å². The molecule has 91 heavy (non-hydrogen) atoms. The van der Waals surface area contributed by atoms with Crippen molar-refractivity contribution in [3.63, 3.8) is 0 Å². The second kappa shape index (κ2) is 33.6. The van der Waals surface area contributed by atoms with Crippen LogP contribution in [0.2, 0.25) is 0 Å². The predicted molar refractivity (Wildman–Crippen MR) is 318 cm³/mol. The number of aromatic nitrogens is 2. The SMILES string of the molecule is COCCCCCCOc1ccc(-c2nnc(C3CCC(C(=O)N[C@H]4CC(O)CNC(=O)C5C(O)C(C)CN5C(=O)C(C(O)CC(N)=O)NC(=O)C(C(O)C(O)c5ccc(O)c(OSOOO)c5)NC(=O)C5CC(O)CN5C(=O)C(C(C)O)NC4=O)CC3)s2)cc1. The van der Waals surface area contributed by atoms with Gasteiger partial charge in [0, 0.05) is 69.5 Å². The van der Waals surface area contributed by atoms with Crippen molar-refractivity contribution in [3.05, 3.63) is 53.0 Å². The molecule has 7 rings (SSSR count). The third-order valence-corrected chi connectivity index (χ3v) is 18.0. The van der Waals surface area contributed by atoms with Crippen molar-refractivity contribution in [2.75, 3.05) is 40.0 Å². The van der Waals surface area contributed by atoms with Gasteiger partial charge in [0.05, 0.1) is 43.5 Å². The standard InChI is InChI=1S/C57H80N10O22S2/c1-27-25-67-45(46(27)74)53(81)59-24-33(69)21-36(60-49(77)29-8-10-30(11-9-29)54-64-65-55(90-54)31-12-15-35(16-13-31)86-19-7-5-4-6-18-85-3)50(78)61-42(28(2)68)56(82)66-26-34(70)22-37(66)51(79)63-44(52(80)62-43(57(67)83)39(72)23-41(58)73)48(76)47(75)32-14-17-38(71)40(20-32)87-91-89-88-84/h12-17,20,27-30,33-34,36-37,39,42-48,68-72,74-76,84H,4-11,18-19,21-26H2,1-3H3,(H2,58,73)(H,59,81)(H,60,77)(H,61,78)(H,62,80)(H,63,79)/t27?,28?,29?,30?,33?,34?,36-,37?,39?,42?,43?,44?,45?,46?,47?,48?/m0/s1. The Morgan fingerprint density at radius 1 is 0.802 bits per heavy atom. The number of methoxy groups -OCH3 is 1. The predicted octanol–water partition coefficient (Wildman–Crippen LogP) is -2.17. The molecule has 3 aromatic rings. The number of aliphatic hydroxyl groups excluding tert-OH is 7. The summed E-state index contributed by atoms with van der Waals surface area (Å²) >= 11 is 1.40. The van der Waals surface area contributed by atoms with Crippen LogP contribution in [0.15, 0.2) is 42.5 Å². The number of carbonyl (C=O) groups is 8. The van der Waals surface area contributed by atoms with Gasteiger partial charge in [0.25, 0.3) is 12.3 Å². The van der Waals surface area contributed by atoms with Crippen LogP contribution in [0.1, 0.15) is 107 Å². The van der Waals surface area contributed by atoms with E-state index in [1.54, 1.807) is 7.11 Å². The molecule has 0 bridgehead atoms. The van der Waals surface area contributed by atoms with E-state index >= 15 is 0 Å². The van der Waals surface area contributed by atoms with Crippen molar-refractivity contribution in [2.24, 2.45) is 17.6 Å². The molecular formula is C57H80N10O22S2. The number of rotatable bonds is 23. The van der Waals surface area contributed by atoms with Crippen molar-refractivity contribution in [3.8, 4) is 27.8 Å². The Morgan fingerprint density at radius 3 is 2.14 bits per heavy atom. The van der Waals surface area contributed by atoms with Gasteiger partial charge >= 0.3 is 0 Å². The Hall–Kier alpha value is -6.93. The minimum atomic E-state index is -2.52. The molecule has 3 saturated heterocycles. The van der Waals surface area contributed by atoms with Crippen molar-refractivity contribution < 1.29 is 107 Å². The number of phenolic OH excluding ortho intramolecular Hbond substituents is 1. The molecule has 32 nitrogen and oxygen atoms in total. The Bertz CT molecular complexity index is 2980. The fraction of sp³-hybridized carbons (Fsp3) is 0.614. The van der Waals surface area contributed by atoms with Crippen LogP contribution in [-0.4, -0.2) is 226 Å². The number of nitrogens with one attached hydrogen (secondary N) is 5. The maximum atomic E-state index is 14.7. The van der Waals surface area contributed by atoms with Crippen LogP contribution in [-0.2, 0) is 52.5 Å². The molecule has 2 aromatic carbocycles. The fourth-order valence-corrected chi connectivity index (χ4v) is 12.7. The molecule has 3 aliphatic heterocycles. The Kier molecular flexibility index (Phi) is 26.4. The lowest BCUT2D eigenvalue weighted by molar-refractivity contribution is -0.433. The Morgan fingerprint density at radius 2 is 1.47 bits per heavy atom. The van der Waals surface area contributed by atoms with Crippen LogP contribution in [0, 0.1) is 11.8 Å². The summed E-state index contributed by atoms with van der Waals surface area (Å²) < 4.78 is 20.2. The highest BCUT2D eigenvalue weighted by Gasteiger charge is 2.50. The average Bonchev–Trinajstić information content (AvgIpc) is 1.75. The number of β-amino-alcohol motifs (C(OH)–C–C–N with tert-alkyl or cyclic N) is 1. The summed E-state index contributed by atoms with van der Waals surface area (Å²) in [5.41, 5.74) is 5.90. The molecule has 8 amide bonds. The molecule has 34 heteroatoms. The number of carbonyl (C=O) groups excluding carboxylic acids is 8. The summed E-state index contributed by atoms with van der Waals surface area (Å²) in [6, 6.07) is -1.59. The molecule has 16 N–H and O–H groups in total. The van der Waals surface area contributed by atoms with Crippen molar-refractivity contribution >= 4 is 70.9 Å². The fourth-order valence-electron chi connectivity index (χ4n) is 11.4. The van der Waals surface area contributed by atoms with E-state index in [2.05, 4.69) is 46.2 Å². The van der Waals surface area contributed by atoms with Gasteiger partial charge in [-0.25, -0.2) is 5.26 Å². The van der Waals surface area contributed by atoms with Gasteiger partial charge in [0.15, 0.2) is 11.5 Å². The number of unbranched alkanes of at least 4 members (excludes halogenated alkanes) is 3. The number of phenols is 1. The number of primary amides is 1. The Balaban J connectivity index is 1.14. The number of aliphatic hydroxyl groups is 7. The maximum Gasteiger partial charge on any atom is 0.261 e. The number of fused-ring (bicyclic) bond motifs is 2. The van der Waals surface area contributed by atoms with E-state index in [0.717, 1.165) is 83.5 Å². The minimum absolute atomic E-state index is 0.0187. The molecule has 1 saturated carbocycles. The van der Waals surface area contributed by atoms with E-state index in [1.165, 1.54) is 18.3 Å². The van der Waals surface area contributed by atoms with Gasteiger partial charge in [-0.1, -0.05) is 40.1 Å². The summed E-state index contributed by atoms with van der Waals surface area (Å²) in [5, 5.41) is 125. The van der Waals surface area contributed by atoms with Gasteiger partial charge in [0.1, 0.15) is 64.2 Å². The molecule has 4 heterocycles. The van der Waals surface area contributed by atoms with Crippen LogP contribution in [0.3, 0.4) is 0 Å². The third kappa shape index (κ3) is 18.9. The van der Waals surface area contributed by atoms with Crippen LogP contribution < -0.4 is 41.2 Å². The molecule has 1 aliphatic carbocycles. The molecule has 1 aromatic heterocycles. The van der Waals surface area contributed by atoms with Gasteiger partial charge in [-0.3, -0.25) is 38.4 Å². The third-order valence-electron chi connectivity index (χ3n) is 16.5. The molecule has 4 aliphatic rings. The summed E-state index contributed by atoms with van der Waals surface area (Å²) in [6.45, 7) is 2.11. The number of nitrogens with two attached hydrogens (primary N) is 1. The number of hydrogen-bond donors (Lipinski definition) is 15. The first-order valence-electron chi connectivity index (χ1n) is 29.8. The zero-order valence-corrected chi connectivity index (χ0v) is 51.7. The van der Waals surface area contributed by atoms with Gasteiger partial charge in [0.2, 0.25) is 47.3 Å². The molecule has 4 fully saturated rings. The second-order valence-corrected chi connectivity index (χ2v) is 24.6. The van der Waals surface area contributed by atoms with Crippen LogP contribution in [0.5, 0.6) is 17.2 Å². The highest BCUT2D eigenvalue weighted by Crippen LogP contribution is 2.40. The number of ether oxygens (including phenoxy) is 2. The van der Waals surface area contributed by atoms with Crippen molar-refractivity contribution in [2.45, 2.75) is 169 Å². The van der Waals surface area contributed by atoms with Crippen LogP contribution in [0.4, 0.5) is 0 Å². The molecule has 0 spiro atoms. The van der Waals surface area contributed by atoms with E-state index in [-0.39, 0.29) is 23.8 Å². The lowest BCUT2D eigenvalue weighted by Crippen LogP contribution is -2.64. The van der Waals surface area contributed by atoms with Gasteiger partial charge in [-0.05, 0) is 93.8 Å². The smallest absolute Gasteiger partial charge is 0.261 e. The minimum Gasteiger partial charge on any atom is -0.504 e. The summed E-state index contributed by atoms with van der Waals surface area (Å²) in [4.78, 5) is 115. The molecule has 14 atom stereocenters. The van der Waals surface area contributed by atoms with Gasteiger partial charge in [-0.15, -0.1) is 10.2 Å². The van der Waals surface area contributed by atoms with Crippen LogP contribution in [0.25, 0.3) is 10.6 Å². The first kappa shape index (κ1) is 71.5. The zero-order chi connectivity index (χ0) is 66.2. The second-order valence-electron chi connectivity index (χ2n) is 23.2. The van der Waals surface area contributed by atoms with E-state index in [0.29, 0.717) is 37.3 Å². The van der Waals surface area contributed by atoms with Crippen molar-refractivity contribution in [1.29, 1.82) is 0 Å². The molecule has 13 unspecified atom stereocenters.